The molecule has 5 heteroatoms. The van der Waals surface area contributed by atoms with Crippen LogP contribution in [-0.2, 0) is 13.6 Å². The number of nitrogens with zero attached hydrogens (tertiary/aromatic N) is 3. The largest absolute Gasteiger partial charge is 0.391 e. The van der Waals surface area contributed by atoms with Crippen LogP contribution in [0.4, 0.5) is 0 Å². The van der Waals surface area contributed by atoms with Gasteiger partial charge in [-0.05, 0) is 61.7 Å². The van der Waals surface area contributed by atoms with Crippen molar-refractivity contribution in [1.29, 1.82) is 0 Å². The summed E-state index contributed by atoms with van der Waals surface area (Å²) in [5, 5.41) is 14.9. The summed E-state index contributed by atoms with van der Waals surface area (Å²) in [5.74, 6) is 2.45. The first-order valence-corrected chi connectivity index (χ1v) is 7.82. The molecule has 0 radical (unpaired) electrons. The van der Waals surface area contributed by atoms with E-state index in [2.05, 4.69) is 5.10 Å². The summed E-state index contributed by atoms with van der Waals surface area (Å²) in [5.41, 5.74) is -0.0695. The monoisotopic (exact) mass is 277 g/mol. The van der Waals surface area contributed by atoms with Gasteiger partial charge in [0.2, 0.25) is 0 Å². The van der Waals surface area contributed by atoms with Gasteiger partial charge < -0.3 is 5.11 Å². The zero-order chi connectivity index (χ0) is 13.9. The smallest absolute Gasteiger partial charge is 0.345 e. The van der Waals surface area contributed by atoms with Crippen LogP contribution in [0.1, 0.15) is 38.5 Å². The number of rotatable bonds is 3. The second kappa shape index (κ2) is 4.20. The average Bonchev–Trinajstić information content (AvgIpc) is 2.69. The predicted octanol–water partition coefficient (Wildman–Crippen LogP) is 1.16. The van der Waals surface area contributed by atoms with Gasteiger partial charge in [0, 0.05) is 7.05 Å². The number of hydrogen-bond acceptors (Lipinski definition) is 3. The molecule has 4 aliphatic carbocycles. The summed E-state index contributed by atoms with van der Waals surface area (Å²) in [6, 6.07) is 0. The molecule has 4 saturated carbocycles. The van der Waals surface area contributed by atoms with Crippen molar-refractivity contribution < 1.29 is 5.11 Å². The molecule has 1 aromatic rings. The molecule has 0 spiro atoms. The van der Waals surface area contributed by atoms with Crippen LogP contribution in [0.25, 0.3) is 0 Å². The van der Waals surface area contributed by atoms with Gasteiger partial charge in [0.25, 0.3) is 0 Å². The van der Waals surface area contributed by atoms with Gasteiger partial charge in [-0.3, -0.25) is 4.57 Å². The van der Waals surface area contributed by atoms with Gasteiger partial charge in [0.15, 0.2) is 0 Å². The lowest BCUT2D eigenvalue weighted by atomic mass is 9.48. The minimum absolute atomic E-state index is 0.0612. The SMILES string of the molecule is Cn1cnn(CC(O)C23CC4CC(CC(C4)C2)C3)c1=O. The van der Waals surface area contributed by atoms with Crippen LogP contribution in [-0.4, -0.2) is 25.6 Å². The minimum Gasteiger partial charge on any atom is -0.391 e. The van der Waals surface area contributed by atoms with Gasteiger partial charge in [-0.15, -0.1) is 0 Å². The van der Waals surface area contributed by atoms with Gasteiger partial charge in [-0.2, -0.15) is 5.10 Å². The van der Waals surface area contributed by atoms with E-state index in [1.165, 1.54) is 34.8 Å². The Kier molecular flexibility index (Phi) is 2.65. The lowest BCUT2D eigenvalue weighted by molar-refractivity contribution is -0.125. The quantitative estimate of drug-likeness (QED) is 0.902. The highest BCUT2D eigenvalue weighted by atomic mass is 16.3. The minimum atomic E-state index is -0.427. The second-order valence-electron chi connectivity index (χ2n) is 7.50. The topological polar surface area (TPSA) is 60.1 Å². The number of hydrogen-bond donors (Lipinski definition) is 1. The first kappa shape index (κ1) is 12.6. The van der Waals surface area contributed by atoms with Crippen LogP contribution >= 0.6 is 0 Å². The van der Waals surface area contributed by atoms with Crippen molar-refractivity contribution in [1.82, 2.24) is 14.3 Å². The van der Waals surface area contributed by atoms with Crippen LogP contribution in [0.3, 0.4) is 0 Å². The highest BCUT2D eigenvalue weighted by Crippen LogP contribution is 2.61. The van der Waals surface area contributed by atoms with E-state index in [0.29, 0.717) is 6.54 Å². The average molecular weight is 277 g/mol. The fourth-order valence-electron chi connectivity index (χ4n) is 5.49. The Morgan fingerprint density at radius 1 is 1.30 bits per heavy atom. The van der Waals surface area contributed by atoms with Gasteiger partial charge in [0.1, 0.15) is 6.33 Å². The molecule has 20 heavy (non-hydrogen) atoms. The maximum atomic E-state index is 11.9. The van der Waals surface area contributed by atoms with Crippen LogP contribution in [0.15, 0.2) is 11.1 Å². The Morgan fingerprint density at radius 3 is 2.30 bits per heavy atom. The van der Waals surface area contributed by atoms with Crippen molar-refractivity contribution >= 4 is 0 Å². The van der Waals surface area contributed by atoms with E-state index in [1.807, 2.05) is 0 Å². The maximum Gasteiger partial charge on any atom is 0.345 e. The van der Waals surface area contributed by atoms with Crippen molar-refractivity contribution in [3.05, 3.63) is 16.8 Å². The van der Waals surface area contributed by atoms with E-state index in [-0.39, 0.29) is 11.1 Å². The molecule has 0 aliphatic heterocycles. The molecule has 0 aromatic carbocycles. The molecular formula is C15H23N3O2. The van der Waals surface area contributed by atoms with E-state index < -0.39 is 6.10 Å². The Bertz CT molecular complexity index is 539. The molecule has 1 atom stereocenters. The number of aromatic nitrogens is 3. The summed E-state index contributed by atoms with van der Waals surface area (Å²) in [7, 11) is 1.70. The zero-order valence-electron chi connectivity index (χ0n) is 12.0. The van der Waals surface area contributed by atoms with Gasteiger partial charge in [-0.1, -0.05) is 0 Å². The summed E-state index contributed by atoms with van der Waals surface area (Å²) >= 11 is 0. The number of aliphatic hydroxyl groups is 1. The van der Waals surface area contributed by atoms with E-state index in [4.69, 9.17) is 0 Å². The van der Waals surface area contributed by atoms with Crippen LogP contribution in [0, 0.1) is 23.2 Å². The van der Waals surface area contributed by atoms with E-state index >= 15 is 0 Å². The molecule has 5 nitrogen and oxygen atoms in total. The lowest BCUT2D eigenvalue weighted by Crippen LogP contribution is -2.53. The normalized spacial score (nSPS) is 40.2. The highest BCUT2D eigenvalue weighted by molar-refractivity contribution is 5.04. The van der Waals surface area contributed by atoms with Crippen LogP contribution in [0.5, 0.6) is 0 Å². The third-order valence-corrected chi connectivity index (χ3v) is 6.03. The summed E-state index contributed by atoms with van der Waals surface area (Å²) < 4.78 is 2.88. The molecule has 1 N–H and O–H groups in total. The molecular weight excluding hydrogens is 254 g/mol. The Balaban J connectivity index is 1.57. The zero-order valence-corrected chi connectivity index (χ0v) is 12.0. The summed E-state index contributed by atoms with van der Waals surface area (Å²) in [4.78, 5) is 11.9. The molecule has 0 saturated heterocycles. The van der Waals surface area contributed by atoms with Gasteiger partial charge >= 0.3 is 5.69 Å². The van der Waals surface area contributed by atoms with Crippen molar-refractivity contribution in [2.24, 2.45) is 30.2 Å². The standard InChI is InChI=1S/C15H23N3O2/c1-17-9-16-18(14(17)20)8-13(19)15-5-10-2-11(6-15)4-12(3-10)7-15/h9-13,19H,2-8H2,1H3. The molecule has 4 bridgehead atoms. The first-order chi connectivity index (χ1) is 9.56. The van der Waals surface area contributed by atoms with Crippen LogP contribution < -0.4 is 5.69 Å². The molecule has 5 rings (SSSR count). The van der Waals surface area contributed by atoms with E-state index in [9.17, 15) is 9.90 Å². The molecule has 4 aliphatic rings. The molecule has 1 aromatic heterocycles. The Morgan fingerprint density at radius 2 is 1.85 bits per heavy atom. The number of aliphatic hydroxyl groups excluding tert-OH is 1. The molecule has 0 amide bonds. The van der Waals surface area contributed by atoms with Gasteiger partial charge in [-0.25, -0.2) is 9.48 Å². The third-order valence-electron chi connectivity index (χ3n) is 6.03. The Hall–Kier alpha value is -1.10. The van der Waals surface area contributed by atoms with E-state index in [0.717, 1.165) is 37.0 Å². The summed E-state index contributed by atoms with van der Waals surface area (Å²) in [6.45, 7) is 0.353. The second-order valence-corrected chi connectivity index (χ2v) is 7.50. The fraction of sp³-hybridized carbons (Fsp3) is 0.867. The van der Waals surface area contributed by atoms with Crippen molar-refractivity contribution in [3.63, 3.8) is 0 Å². The van der Waals surface area contributed by atoms with E-state index in [1.54, 1.807) is 7.05 Å². The maximum absolute atomic E-state index is 11.9. The molecule has 1 heterocycles. The lowest BCUT2D eigenvalue weighted by Gasteiger charge is -2.58. The number of aryl methyl sites for hydroxylation is 1. The fourth-order valence-corrected chi connectivity index (χ4v) is 5.49. The highest BCUT2D eigenvalue weighted by Gasteiger charge is 2.54. The molecule has 110 valence electrons. The third kappa shape index (κ3) is 1.79. The summed E-state index contributed by atoms with van der Waals surface area (Å²) in [6.07, 6.45) is 8.67. The van der Waals surface area contributed by atoms with Gasteiger partial charge in [0.05, 0.1) is 12.6 Å². The predicted molar refractivity (Wildman–Crippen MR) is 74.1 cm³/mol. The molecule has 1 unspecified atom stereocenters. The first-order valence-electron chi connectivity index (χ1n) is 7.82. The Labute approximate surface area is 118 Å². The van der Waals surface area contributed by atoms with Crippen molar-refractivity contribution in [3.8, 4) is 0 Å². The molecule has 4 fully saturated rings. The van der Waals surface area contributed by atoms with Crippen molar-refractivity contribution in [2.45, 2.75) is 51.2 Å². The van der Waals surface area contributed by atoms with Crippen molar-refractivity contribution in [2.75, 3.05) is 0 Å². The van der Waals surface area contributed by atoms with Crippen LogP contribution in [0.2, 0.25) is 0 Å².